The quantitative estimate of drug-likeness (QED) is 0.461. The van der Waals surface area contributed by atoms with Crippen LogP contribution in [0.4, 0.5) is 0 Å². The number of piperidine rings is 1. The Morgan fingerprint density at radius 1 is 0.931 bits per heavy atom. The third kappa shape index (κ3) is 3.20. The van der Waals surface area contributed by atoms with E-state index in [0.29, 0.717) is 46.6 Å². The average molecular weight is 448 g/mol. The van der Waals surface area contributed by atoms with Gasteiger partial charge in [0.05, 0.1) is 11.4 Å². The van der Waals surface area contributed by atoms with Gasteiger partial charge in [-0.15, -0.1) is 0 Å². The normalized spacial score (nSPS) is 16.9. The highest BCUT2D eigenvalue weighted by Crippen LogP contribution is 2.45. The number of hydrogen-bond donors (Lipinski definition) is 0. The number of carbonyl (C=O) groups is 1. The summed E-state index contributed by atoms with van der Waals surface area (Å²) < 4.78 is 8.67. The second kappa shape index (κ2) is 6.98. The summed E-state index contributed by atoms with van der Waals surface area (Å²) in [5.41, 5.74) is 2.10. The van der Waals surface area contributed by atoms with Crippen molar-refractivity contribution in [3.8, 4) is 11.4 Å². The van der Waals surface area contributed by atoms with Gasteiger partial charge in [-0.05, 0) is 42.5 Å². The summed E-state index contributed by atoms with van der Waals surface area (Å²) in [4.78, 5) is 14.8. The topological polar surface area (TPSA) is 34.5 Å². The number of ether oxygens (including phenoxy) is 1. The molecule has 0 N–H and O–H groups in total. The zero-order chi connectivity index (χ0) is 20.2. The van der Waals surface area contributed by atoms with E-state index in [-0.39, 0.29) is 5.91 Å². The smallest absolute Gasteiger partial charge is 0.253 e. The van der Waals surface area contributed by atoms with Gasteiger partial charge in [0.25, 0.3) is 5.91 Å². The van der Waals surface area contributed by atoms with Gasteiger partial charge in [0.1, 0.15) is 5.75 Å². The Kier molecular flexibility index (Phi) is 4.54. The molecule has 1 spiro atoms. The van der Waals surface area contributed by atoms with Crippen LogP contribution < -0.4 is 4.74 Å². The van der Waals surface area contributed by atoms with Crippen LogP contribution >= 0.6 is 34.8 Å². The summed E-state index contributed by atoms with van der Waals surface area (Å²) >= 11 is 18.3. The van der Waals surface area contributed by atoms with Crippen molar-refractivity contribution in [1.29, 1.82) is 0 Å². The summed E-state index contributed by atoms with van der Waals surface area (Å²) in [7, 11) is 0. The molecule has 5 rings (SSSR count). The van der Waals surface area contributed by atoms with E-state index in [1.54, 1.807) is 18.2 Å². The lowest BCUT2D eigenvalue weighted by molar-refractivity contribution is -0.00929. The molecule has 3 heterocycles. The third-order valence-corrected chi connectivity index (χ3v) is 6.34. The summed E-state index contributed by atoms with van der Waals surface area (Å²) in [5, 5.41) is 1.55. The molecule has 3 aromatic rings. The lowest BCUT2D eigenvalue weighted by atomic mass is 9.86. The molecule has 0 bridgehead atoms. The zero-order valence-electron chi connectivity index (χ0n) is 15.4. The standard InChI is InChI=1S/C22H17Cl3N2O2/c23-15-3-4-18-19(13-15)29-22(20-2-1-7-27(18)20)5-8-26(9-6-22)21(28)14-10-16(24)12-17(25)11-14/h1-4,7,10-13H,5-6,8-9H2. The first kappa shape index (κ1) is 18.9. The molecule has 148 valence electrons. The van der Waals surface area contributed by atoms with E-state index in [1.807, 2.05) is 35.4 Å². The molecular weight excluding hydrogens is 431 g/mol. The minimum absolute atomic E-state index is 0.0705. The number of hydrogen-bond acceptors (Lipinski definition) is 2. The van der Waals surface area contributed by atoms with Gasteiger partial charge in [-0.3, -0.25) is 4.79 Å². The van der Waals surface area contributed by atoms with Gasteiger partial charge in [0, 0.05) is 58.8 Å². The van der Waals surface area contributed by atoms with E-state index < -0.39 is 5.60 Å². The van der Waals surface area contributed by atoms with Crippen molar-refractivity contribution < 1.29 is 9.53 Å². The second-order valence-electron chi connectivity index (χ2n) is 7.42. The molecule has 7 heteroatoms. The fraction of sp³-hybridized carbons (Fsp3) is 0.227. The number of halogens is 3. The van der Waals surface area contributed by atoms with Gasteiger partial charge in [0.15, 0.2) is 5.60 Å². The maximum atomic E-state index is 13.0. The third-order valence-electron chi connectivity index (χ3n) is 5.67. The maximum absolute atomic E-state index is 13.0. The van der Waals surface area contributed by atoms with Crippen molar-refractivity contribution in [2.75, 3.05) is 13.1 Å². The number of fused-ring (bicyclic) bond motifs is 4. The summed E-state index contributed by atoms with van der Waals surface area (Å²) in [5.74, 6) is 0.696. The van der Waals surface area contributed by atoms with E-state index in [2.05, 4.69) is 10.6 Å². The Balaban J connectivity index is 1.42. The van der Waals surface area contributed by atoms with Crippen LogP contribution in [0.2, 0.25) is 15.1 Å². The number of benzene rings is 2. The van der Waals surface area contributed by atoms with Crippen LogP contribution in [0.5, 0.6) is 5.75 Å². The maximum Gasteiger partial charge on any atom is 0.253 e. The van der Waals surface area contributed by atoms with Crippen LogP contribution in [-0.4, -0.2) is 28.5 Å². The summed E-state index contributed by atoms with van der Waals surface area (Å²) in [6.07, 6.45) is 3.41. The van der Waals surface area contributed by atoms with Gasteiger partial charge < -0.3 is 14.2 Å². The van der Waals surface area contributed by atoms with E-state index >= 15 is 0 Å². The van der Waals surface area contributed by atoms with Crippen LogP contribution in [0.1, 0.15) is 28.9 Å². The number of rotatable bonds is 1. The highest BCUT2D eigenvalue weighted by atomic mass is 35.5. The van der Waals surface area contributed by atoms with Crippen LogP contribution in [-0.2, 0) is 5.60 Å². The van der Waals surface area contributed by atoms with Crippen LogP contribution in [0.3, 0.4) is 0 Å². The van der Waals surface area contributed by atoms with Crippen molar-refractivity contribution in [1.82, 2.24) is 9.47 Å². The number of likely N-dealkylation sites (tertiary alicyclic amines) is 1. The van der Waals surface area contributed by atoms with Crippen LogP contribution in [0.25, 0.3) is 5.69 Å². The SMILES string of the molecule is O=C(c1cc(Cl)cc(Cl)c1)N1CCC2(CC1)Oc1cc(Cl)ccc1-n1cccc12. The zero-order valence-corrected chi connectivity index (χ0v) is 17.6. The largest absolute Gasteiger partial charge is 0.479 e. The number of carbonyl (C=O) groups excluding carboxylic acids is 1. The van der Waals surface area contributed by atoms with Crippen molar-refractivity contribution in [2.24, 2.45) is 0 Å². The molecule has 0 unspecified atom stereocenters. The molecule has 0 atom stereocenters. The number of nitrogens with zero attached hydrogens (tertiary/aromatic N) is 2. The first-order valence-corrected chi connectivity index (χ1v) is 10.5. The molecule has 2 aliphatic heterocycles. The van der Waals surface area contributed by atoms with Crippen LogP contribution in [0.15, 0.2) is 54.7 Å². The van der Waals surface area contributed by atoms with Gasteiger partial charge in [-0.2, -0.15) is 0 Å². The molecule has 4 nitrogen and oxygen atoms in total. The number of amides is 1. The molecule has 0 saturated carbocycles. The molecule has 29 heavy (non-hydrogen) atoms. The number of aromatic nitrogens is 1. The van der Waals surface area contributed by atoms with Crippen molar-refractivity contribution in [3.05, 3.63) is 81.1 Å². The highest BCUT2D eigenvalue weighted by Gasteiger charge is 2.44. The Hall–Kier alpha value is -2.14. The first-order valence-electron chi connectivity index (χ1n) is 9.37. The first-order chi connectivity index (χ1) is 13.9. The molecule has 1 fully saturated rings. The van der Waals surface area contributed by atoms with E-state index in [9.17, 15) is 4.79 Å². The minimum atomic E-state index is -0.482. The fourth-order valence-electron chi connectivity index (χ4n) is 4.28. The Morgan fingerprint density at radius 2 is 1.66 bits per heavy atom. The Bertz CT molecular complexity index is 1100. The van der Waals surface area contributed by atoms with E-state index in [4.69, 9.17) is 39.5 Å². The Labute approximate surface area is 183 Å². The molecule has 2 aliphatic rings. The molecule has 0 radical (unpaired) electrons. The molecule has 2 aromatic carbocycles. The second-order valence-corrected chi connectivity index (χ2v) is 8.73. The minimum Gasteiger partial charge on any atom is -0.479 e. The molecule has 1 saturated heterocycles. The lowest BCUT2D eigenvalue weighted by Crippen LogP contribution is -2.50. The summed E-state index contributed by atoms with van der Waals surface area (Å²) in [6, 6.07) is 14.7. The van der Waals surface area contributed by atoms with Gasteiger partial charge in [0.2, 0.25) is 0 Å². The van der Waals surface area contributed by atoms with Gasteiger partial charge >= 0.3 is 0 Å². The van der Waals surface area contributed by atoms with Crippen molar-refractivity contribution in [3.63, 3.8) is 0 Å². The predicted molar refractivity (Wildman–Crippen MR) is 115 cm³/mol. The van der Waals surface area contributed by atoms with Gasteiger partial charge in [-0.25, -0.2) is 0 Å². The van der Waals surface area contributed by atoms with Gasteiger partial charge in [-0.1, -0.05) is 34.8 Å². The summed E-state index contributed by atoms with van der Waals surface area (Å²) in [6.45, 7) is 1.15. The van der Waals surface area contributed by atoms with Crippen molar-refractivity contribution in [2.45, 2.75) is 18.4 Å². The molecular formula is C22H17Cl3N2O2. The average Bonchev–Trinajstić information content (AvgIpc) is 3.18. The lowest BCUT2D eigenvalue weighted by Gasteiger charge is -2.45. The van der Waals surface area contributed by atoms with Crippen molar-refractivity contribution >= 4 is 40.7 Å². The predicted octanol–water partition coefficient (Wildman–Crippen LogP) is 5.96. The van der Waals surface area contributed by atoms with E-state index in [0.717, 1.165) is 17.1 Å². The van der Waals surface area contributed by atoms with E-state index in [1.165, 1.54) is 0 Å². The Morgan fingerprint density at radius 3 is 2.38 bits per heavy atom. The molecule has 1 aromatic heterocycles. The molecule has 0 aliphatic carbocycles. The molecule has 1 amide bonds. The fourth-order valence-corrected chi connectivity index (χ4v) is 4.97. The van der Waals surface area contributed by atoms with Crippen LogP contribution in [0, 0.1) is 0 Å². The highest BCUT2D eigenvalue weighted by molar-refractivity contribution is 6.35. The monoisotopic (exact) mass is 446 g/mol.